The lowest BCUT2D eigenvalue weighted by Gasteiger charge is -2.19. The normalized spacial score (nSPS) is 13.9. The van der Waals surface area contributed by atoms with Gasteiger partial charge in [0.1, 0.15) is 5.58 Å². The summed E-state index contributed by atoms with van der Waals surface area (Å²) in [6.07, 6.45) is 9.91. The molecule has 192 valence electrons. The molecule has 37 heavy (non-hydrogen) atoms. The molecular formula is C36H42O. The zero-order valence-corrected chi connectivity index (χ0v) is 23.4. The van der Waals surface area contributed by atoms with Crippen LogP contribution in [-0.2, 0) is 19.3 Å². The molecule has 0 radical (unpaired) electrons. The molecule has 3 aromatic carbocycles. The molecular weight excluding hydrogens is 448 g/mol. The van der Waals surface area contributed by atoms with Crippen LogP contribution in [0.15, 0.2) is 101 Å². The predicted octanol–water partition coefficient (Wildman–Crippen LogP) is 10.2. The maximum Gasteiger partial charge on any atom is 0.133 e. The molecule has 0 saturated heterocycles. The first-order valence-corrected chi connectivity index (χ1v) is 13.8. The van der Waals surface area contributed by atoms with Gasteiger partial charge in [-0.1, -0.05) is 119 Å². The van der Waals surface area contributed by atoms with Crippen molar-refractivity contribution in [2.24, 2.45) is 11.8 Å². The molecule has 0 bridgehead atoms. The zero-order valence-electron chi connectivity index (χ0n) is 23.4. The molecule has 6 rings (SSSR count). The Morgan fingerprint density at radius 1 is 0.622 bits per heavy atom. The van der Waals surface area contributed by atoms with Crippen molar-refractivity contribution in [3.05, 3.63) is 124 Å². The smallest absolute Gasteiger partial charge is 0.133 e. The summed E-state index contributed by atoms with van der Waals surface area (Å²) in [4.78, 5) is 0. The largest absolute Gasteiger partial charge is 0.464 e. The molecule has 1 heterocycles. The van der Waals surface area contributed by atoms with Crippen molar-refractivity contribution in [1.29, 1.82) is 0 Å². The lowest BCUT2D eigenvalue weighted by molar-refractivity contribution is 0.615. The van der Waals surface area contributed by atoms with Gasteiger partial charge in [0, 0.05) is 5.39 Å². The molecule has 0 N–H and O–H groups in total. The highest BCUT2D eigenvalue weighted by Crippen LogP contribution is 2.29. The summed E-state index contributed by atoms with van der Waals surface area (Å²) in [6, 6.07) is 25.8. The molecule has 1 heteroatoms. The van der Waals surface area contributed by atoms with Gasteiger partial charge in [0.05, 0.1) is 6.26 Å². The number of furan rings is 1. The molecule has 4 aromatic rings. The summed E-state index contributed by atoms with van der Waals surface area (Å²) < 4.78 is 5.25. The molecule has 2 aliphatic rings. The van der Waals surface area contributed by atoms with Crippen molar-refractivity contribution in [3.8, 4) is 0 Å². The van der Waals surface area contributed by atoms with E-state index in [0.29, 0.717) is 17.8 Å². The first-order valence-electron chi connectivity index (χ1n) is 13.8. The third kappa shape index (κ3) is 6.92. The van der Waals surface area contributed by atoms with E-state index in [2.05, 4.69) is 114 Å². The van der Waals surface area contributed by atoms with Gasteiger partial charge < -0.3 is 4.42 Å². The Kier molecular flexibility index (Phi) is 8.87. The highest BCUT2D eigenvalue weighted by molar-refractivity contribution is 5.77. The standard InChI is InChI=1S/C13H16.C12H14.C11H12O/c1-10(2)12-8-7-11-5-3-4-6-13(11)9-12;1-9(2)12-7-10-5-3-4-6-11(10)8-12;1-8(2)9-3-4-11-10(7-9)5-6-12-11/h3-6,8,10H,7,9H2,1-2H3;3-7,9H,8H2,1-2H3;3-8H,1-2H3. The highest BCUT2D eigenvalue weighted by atomic mass is 16.3. The van der Waals surface area contributed by atoms with Crippen molar-refractivity contribution in [1.82, 2.24) is 0 Å². The number of rotatable bonds is 3. The van der Waals surface area contributed by atoms with Crippen LogP contribution < -0.4 is 0 Å². The van der Waals surface area contributed by atoms with Crippen LogP contribution in [0.4, 0.5) is 0 Å². The Bertz CT molecular complexity index is 1380. The van der Waals surface area contributed by atoms with Crippen molar-refractivity contribution < 1.29 is 4.42 Å². The number of fused-ring (bicyclic) bond motifs is 3. The quantitative estimate of drug-likeness (QED) is 0.260. The van der Waals surface area contributed by atoms with E-state index in [9.17, 15) is 0 Å². The maximum atomic E-state index is 5.25. The minimum absolute atomic E-state index is 0.587. The second-order valence-corrected chi connectivity index (χ2v) is 11.2. The summed E-state index contributed by atoms with van der Waals surface area (Å²) in [7, 11) is 0. The van der Waals surface area contributed by atoms with E-state index in [-0.39, 0.29) is 0 Å². The van der Waals surface area contributed by atoms with Crippen LogP contribution in [-0.4, -0.2) is 0 Å². The molecule has 1 aromatic heterocycles. The van der Waals surface area contributed by atoms with Crippen molar-refractivity contribution in [3.63, 3.8) is 0 Å². The van der Waals surface area contributed by atoms with E-state index < -0.39 is 0 Å². The van der Waals surface area contributed by atoms with E-state index >= 15 is 0 Å². The van der Waals surface area contributed by atoms with Crippen LogP contribution in [0.5, 0.6) is 0 Å². The Morgan fingerprint density at radius 2 is 1.27 bits per heavy atom. The van der Waals surface area contributed by atoms with Gasteiger partial charge in [-0.3, -0.25) is 0 Å². The average molecular weight is 491 g/mol. The van der Waals surface area contributed by atoms with Gasteiger partial charge in [-0.15, -0.1) is 0 Å². The van der Waals surface area contributed by atoms with Crippen LogP contribution in [0, 0.1) is 11.8 Å². The summed E-state index contributed by atoms with van der Waals surface area (Å²) in [5.41, 5.74) is 11.4. The Morgan fingerprint density at radius 3 is 1.95 bits per heavy atom. The second-order valence-electron chi connectivity index (χ2n) is 11.2. The molecule has 0 aliphatic heterocycles. The highest BCUT2D eigenvalue weighted by Gasteiger charge is 2.14. The van der Waals surface area contributed by atoms with Crippen LogP contribution in [0.25, 0.3) is 17.0 Å². The number of hydrogen-bond donors (Lipinski definition) is 0. The van der Waals surface area contributed by atoms with Gasteiger partial charge in [-0.2, -0.15) is 0 Å². The molecule has 0 amide bonds. The zero-order chi connectivity index (χ0) is 26.4. The van der Waals surface area contributed by atoms with Gasteiger partial charge in [0.2, 0.25) is 0 Å². The van der Waals surface area contributed by atoms with Crippen LogP contribution in [0.1, 0.15) is 75.3 Å². The molecule has 0 unspecified atom stereocenters. The van der Waals surface area contributed by atoms with Crippen LogP contribution in [0.2, 0.25) is 0 Å². The third-order valence-corrected chi connectivity index (χ3v) is 7.51. The predicted molar refractivity (Wildman–Crippen MR) is 160 cm³/mol. The second kappa shape index (κ2) is 12.3. The SMILES string of the molecule is CC(C)C1=CCc2ccccc2C1.CC(C)C1=Cc2ccccc2C1.CC(C)c1ccc2occc2c1. The molecule has 0 saturated carbocycles. The molecule has 2 aliphatic carbocycles. The van der Waals surface area contributed by atoms with Gasteiger partial charge in [0.25, 0.3) is 0 Å². The summed E-state index contributed by atoms with van der Waals surface area (Å²) in [6.45, 7) is 13.5. The average Bonchev–Trinajstić information content (AvgIpc) is 3.56. The minimum Gasteiger partial charge on any atom is -0.464 e. The first kappa shape index (κ1) is 26.7. The van der Waals surface area contributed by atoms with Gasteiger partial charge in [-0.25, -0.2) is 0 Å². The topological polar surface area (TPSA) is 13.1 Å². The van der Waals surface area contributed by atoms with Crippen molar-refractivity contribution in [2.75, 3.05) is 0 Å². The Labute approximate surface area is 223 Å². The van der Waals surface area contributed by atoms with Gasteiger partial charge >= 0.3 is 0 Å². The first-order chi connectivity index (χ1) is 17.8. The minimum atomic E-state index is 0.587. The van der Waals surface area contributed by atoms with Crippen LogP contribution >= 0.6 is 0 Å². The fourth-order valence-electron chi connectivity index (χ4n) is 4.92. The summed E-state index contributed by atoms with van der Waals surface area (Å²) in [5.74, 6) is 1.98. The number of allylic oxidation sites excluding steroid dienone is 3. The molecule has 0 fully saturated rings. The van der Waals surface area contributed by atoms with Gasteiger partial charge in [-0.05, 0) is 83.0 Å². The summed E-state index contributed by atoms with van der Waals surface area (Å²) >= 11 is 0. The fourth-order valence-corrected chi connectivity index (χ4v) is 4.92. The fraction of sp³-hybridized carbons (Fsp3) is 0.333. The van der Waals surface area contributed by atoms with E-state index in [1.165, 1.54) is 33.2 Å². The van der Waals surface area contributed by atoms with Crippen molar-refractivity contribution in [2.45, 2.75) is 66.7 Å². The number of benzene rings is 3. The molecule has 0 atom stereocenters. The van der Waals surface area contributed by atoms with Crippen molar-refractivity contribution >= 4 is 17.0 Å². The summed E-state index contributed by atoms with van der Waals surface area (Å²) in [5, 5.41) is 1.20. The molecule has 0 spiro atoms. The lowest BCUT2D eigenvalue weighted by Crippen LogP contribution is -2.06. The Balaban J connectivity index is 0.000000130. The van der Waals surface area contributed by atoms with Crippen LogP contribution in [0.3, 0.4) is 0 Å². The van der Waals surface area contributed by atoms with E-state index in [1.807, 2.05) is 12.1 Å². The molecule has 1 nitrogen and oxygen atoms in total. The lowest BCUT2D eigenvalue weighted by atomic mass is 9.87. The Hall–Kier alpha value is -3.32. The number of hydrogen-bond acceptors (Lipinski definition) is 1. The van der Waals surface area contributed by atoms with E-state index in [4.69, 9.17) is 4.42 Å². The third-order valence-electron chi connectivity index (χ3n) is 7.51. The van der Waals surface area contributed by atoms with E-state index in [1.54, 1.807) is 17.4 Å². The monoisotopic (exact) mass is 490 g/mol. The van der Waals surface area contributed by atoms with E-state index in [0.717, 1.165) is 24.8 Å². The van der Waals surface area contributed by atoms with Gasteiger partial charge in [0.15, 0.2) is 0 Å². The maximum absolute atomic E-state index is 5.25.